The number of nitrogens with zero attached hydrogens (tertiary/aromatic N) is 4. The second kappa shape index (κ2) is 10.5. The Bertz CT molecular complexity index is 1160. The van der Waals surface area contributed by atoms with E-state index in [2.05, 4.69) is 32.2 Å². The van der Waals surface area contributed by atoms with Crippen LogP contribution >= 0.6 is 11.3 Å². The quantitative estimate of drug-likeness (QED) is 0.538. The fraction of sp³-hybridized carbons (Fsp3) is 0.462. The van der Waals surface area contributed by atoms with Gasteiger partial charge in [-0.1, -0.05) is 24.3 Å². The van der Waals surface area contributed by atoms with Gasteiger partial charge in [0.15, 0.2) is 0 Å². The van der Waals surface area contributed by atoms with E-state index in [4.69, 9.17) is 20.1 Å². The maximum Gasteiger partial charge on any atom is 0.226 e. The van der Waals surface area contributed by atoms with E-state index < -0.39 is 0 Å². The van der Waals surface area contributed by atoms with Gasteiger partial charge in [0.1, 0.15) is 5.01 Å². The van der Waals surface area contributed by atoms with Crippen molar-refractivity contribution in [2.75, 3.05) is 19.8 Å². The standard InChI is InChI=1S/C26H31N5O2S/c1-26(2,3)31-24(20-6-4-18(5-7-20)8-11-27)22(16-29-31)25-30-21(17-34-25)14-23(32)28-15-19-9-12-33-13-10-19/h4-7,16-17,19H,8-10,12-15H2,1-3H3,(H,28,32). The molecule has 3 aromatic rings. The van der Waals surface area contributed by atoms with Crippen LogP contribution in [0.15, 0.2) is 35.8 Å². The average molecular weight is 478 g/mol. The first-order valence-corrected chi connectivity index (χ1v) is 12.6. The third kappa shape index (κ3) is 5.72. The molecular formula is C26H31N5O2S. The molecule has 7 nitrogen and oxygen atoms in total. The lowest BCUT2D eigenvalue weighted by Gasteiger charge is -2.23. The molecule has 1 fully saturated rings. The average Bonchev–Trinajstić information content (AvgIpc) is 3.46. The molecular weight excluding hydrogens is 446 g/mol. The molecule has 0 saturated carbocycles. The fourth-order valence-corrected chi connectivity index (χ4v) is 4.94. The van der Waals surface area contributed by atoms with E-state index in [9.17, 15) is 4.79 Å². The first-order chi connectivity index (χ1) is 16.3. The molecule has 0 atom stereocenters. The molecule has 1 N–H and O–H groups in total. The van der Waals surface area contributed by atoms with Gasteiger partial charge in [-0.15, -0.1) is 11.3 Å². The van der Waals surface area contributed by atoms with Crippen LogP contribution < -0.4 is 5.32 Å². The number of carbonyl (C=O) groups is 1. The lowest BCUT2D eigenvalue weighted by molar-refractivity contribution is -0.120. The van der Waals surface area contributed by atoms with Gasteiger partial charge < -0.3 is 10.1 Å². The summed E-state index contributed by atoms with van der Waals surface area (Å²) in [6, 6.07) is 10.2. The zero-order chi connectivity index (χ0) is 24.1. The van der Waals surface area contributed by atoms with Crippen LogP contribution in [0.2, 0.25) is 0 Å². The number of rotatable bonds is 7. The summed E-state index contributed by atoms with van der Waals surface area (Å²) < 4.78 is 7.40. The highest BCUT2D eigenvalue weighted by molar-refractivity contribution is 7.13. The highest BCUT2D eigenvalue weighted by Crippen LogP contribution is 2.36. The number of nitrogens with one attached hydrogen (secondary N) is 1. The van der Waals surface area contributed by atoms with Crippen LogP contribution in [0, 0.1) is 17.2 Å². The van der Waals surface area contributed by atoms with Crippen molar-refractivity contribution in [2.24, 2.45) is 5.92 Å². The van der Waals surface area contributed by atoms with Gasteiger partial charge in [-0.3, -0.25) is 9.48 Å². The summed E-state index contributed by atoms with van der Waals surface area (Å²) in [6.45, 7) is 8.61. The molecule has 2 aromatic heterocycles. The SMILES string of the molecule is CC(C)(C)n1ncc(-c2nc(CC(=O)NCC3CCOCC3)cs2)c1-c1ccc(CC#N)cc1. The van der Waals surface area contributed by atoms with Gasteiger partial charge in [0.25, 0.3) is 0 Å². The van der Waals surface area contributed by atoms with Gasteiger partial charge in [0.05, 0.1) is 47.6 Å². The van der Waals surface area contributed by atoms with E-state index in [1.165, 1.54) is 11.3 Å². The largest absolute Gasteiger partial charge is 0.381 e. The molecule has 0 spiro atoms. The van der Waals surface area contributed by atoms with Gasteiger partial charge in [-0.2, -0.15) is 10.4 Å². The van der Waals surface area contributed by atoms with E-state index in [-0.39, 0.29) is 17.9 Å². The number of ether oxygens (including phenoxy) is 1. The number of thiazole rings is 1. The number of nitriles is 1. The fourth-order valence-electron chi connectivity index (χ4n) is 4.11. The van der Waals surface area contributed by atoms with Crippen molar-refractivity contribution in [3.63, 3.8) is 0 Å². The molecule has 1 amide bonds. The number of amides is 1. The molecule has 34 heavy (non-hydrogen) atoms. The van der Waals surface area contributed by atoms with Crippen molar-refractivity contribution in [2.45, 2.75) is 52.0 Å². The van der Waals surface area contributed by atoms with Crippen LogP contribution in [0.25, 0.3) is 21.8 Å². The second-order valence-corrected chi connectivity index (χ2v) is 10.6. The second-order valence-electron chi connectivity index (χ2n) is 9.70. The summed E-state index contributed by atoms with van der Waals surface area (Å²) >= 11 is 1.53. The third-order valence-corrected chi connectivity index (χ3v) is 6.89. The molecule has 178 valence electrons. The molecule has 1 aliphatic heterocycles. The van der Waals surface area contributed by atoms with E-state index in [0.717, 1.165) is 59.1 Å². The molecule has 1 aromatic carbocycles. The Balaban J connectivity index is 1.53. The Morgan fingerprint density at radius 3 is 2.68 bits per heavy atom. The van der Waals surface area contributed by atoms with Crippen LogP contribution in [-0.2, 0) is 27.9 Å². The number of hydrogen-bond acceptors (Lipinski definition) is 6. The summed E-state index contributed by atoms with van der Waals surface area (Å²) in [5.41, 5.74) is 4.49. The van der Waals surface area contributed by atoms with Crippen molar-refractivity contribution < 1.29 is 9.53 Å². The van der Waals surface area contributed by atoms with Crippen LogP contribution in [0.5, 0.6) is 0 Å². The smallest absolute Gasteiger partial charge is 0.226 e. The van der Waals surface area contributed by atoms with Crippen LogP contribution in [0.1, 0.15) is 44.9 Å². The molecule has 0 bridgehead atoms. The van der Waals surface area contributed by atoms with Crippen molar-refractivity contribution in [1.29, 1.82) is 5.26 Å². The van der Waals surface area contributed by atoms with E-state index >= 15 is 0 Å². The van der Waals surface area contributed by atoms with E-state index in [1.807, 2.05) is 40.5 Å². The van der Waals surface area contributed by atoms with Gasteiger partial charge in [-0.25, -0.2) is 4.98 Å². The minimum Gasteiger partial charge on any atom is -0.381 e. The summed E-state index contributed by atoms with van der Waals surface area (Å²) in [4.78, 5) is 17.3. The van der Waals surface area contributed by atoms with Gasteiger partial charge >= 0.3 is 0 Å². The topological polar surface area (TPSA) is 92.8 Å². The Labute approximate surface area is 204 Å². The third-order valence-electron chi connectivity index (χ3n) is 5.97. The number of carbonyl (C=O) groups excluding carboxylic acids is 1. The highest BCUT2D eigenvalue weighted by atomic mass is 32.1. The summed E-state index contributed by atoms with van der Waals surface area (Å²) in [5.74, 6) is 0.496. The maximum atomic E-state index is 12.5. The zero-order valence-corrected chi connectivity index (χ0v) is 20.8. The first-order valence-electron chi connectivity index (χ1n) is 11.7. The van der Waals surface area contributed by atoms with Crippen molar-refractivity contribution >= 4 is 17.2 Å². The zero-order valence-electron chi connectivity index (χ0n) is 20.0. The minimum atomic E-state index is -0.219. The normalized spacial score (nSPS) is 14.6. The molecule has 8 heteroatoms. The van der Waals surface area contributed by atoms with Gasteiger partial charge in [0, 0.05) is 30.7 Å². The van der Waals surface area contributed by atoms with Crippen LogP contribution in [-0.4, -0.2) is 40.4 Å². The molecule has 0 unspecified atom stereocenters. The van der Waals surface area contributed by atoms with Crippen LogP contribution in [0.3, 0.4) is 0 Å². The number of aromatic nitrogens is 3. The Kier molecular flexibility index (Phi) is 7.44. The van der Waals surface area contributed by atoms with Crippen LogP contribution in [0.4, 0.5) is 0 Å². The Hall–Kier alpha value is -3.02. The molecule has 1 saturated heterocycles. The number of benzene rings is 1. The lowest BCUT2D eigenvalue weighted by Crippen LogP contribution is -2.33. The summed E-state index contributed by atoms with van der Waals surface area (Å²) in [5, 5.41) is 19.5. The Morgan fingerprint density at radius 1 is 1.26 bits per heavy atom. The summed E-state index contributed by atoms with van der Waals surface area (Å²) in [7, 11) is 0. The minimum absolute atomic E-state index is 0.00188. The molecule has 0 radical (unpaired) electrons. The Morgan fingerprint density at radius 2 is 2.00 bits per heavy atom. The van der Waals surface area contributed by atoms with Gasteiger partial charge in [-0.05, 0) is 45.1 Å². The van der Waals surface area contributed by atoms with E-state index in [1.54, 1.807) is 0 Å². The summed E-state index contributed by atoms with van der Waals surface area (Å²) in [6.07, 6.45) is 4.51. The molecule has 3 heterocycles. The van der Waals surface area contributed by atoms with Gasteiger partial charge in [0.2, 0.25) is 5.91 Å². The number of hydrogen-bond donors (Lipinski definition) is 1. The van der Waals surface area contributed by atoms with Crippen molar-refractivity contribution in [3.05, 3.63) is 47.1 Å². The lowest BCUT2D eigenvalue weighted by atomic mass is 10.0. The first kappa shape index (κ1) is 24.1. The van der Waals surface area contributed by atoms with E-state index in [0.29, 0.717) is 18.9 Å². The molecule has 0 aliphatic carbocycles. The predicted molar refractivity (Wildman–Crippen MR) is 133 cm³/mol. The monoisotopic (exact) mass is 477 g/mol. The van der Waals surface area contributed by atoms with Crippen molar-refractivity contribution in [3.8, 4) is 27.9 Å². The van der Waals surface area contributed by atoms with Crippen molar-refractivity contribution in [1.82, 2.24) is 20.1 Å². The maximum absolute atomic E-state index is 12.5. The molecule has 4 rings (SSSR count). The highest BCUT2D eigenvalue weighted by Gasteiger charge is 2.24. The molecule has 1 aliphatic rings. The predicted octanol–water partition coefficient (Wildman–Crippen LogP) is 4.58.